The van der Waals surface area contributed by atoms with Gasteiger partial charge in [0.1, 0.15) is 0 Å². The van der Waals surface area contributed by atoms with E-state index in [0.717, 1.165) is 0 Å². The van der Waals surface area contributed by atoms with E-state index >= 15 is 0 Å². The lowest BCUT2D eigenvalue weighted by molar-refractivity contribution is -0.143. The molecule has 0 amide bonds. The lowest BCUT2D eigenvalue weighted by atomic mass is 9.86. The average Bonchev–Trinajstić information content (AvgIpc) is 2.45. The number of hydrogen-bond acceptors (Lipinski definition) is 2. The molecule has 0 spiro atoms. The van der Waals surface area contributed by atoms with E-state index in [2.05, 4.69) is 0 Å². The Morgan fingerprint density at radius 2 is 1.36 bits per heavy atom. The maximum Gasteiger partial charge on any atom is 0.416 e. The highest BCUT2D eigenvalue weighted by molar-refractivity contribution is 5.35. The van der Waals surface area contributed by atoms with Gasteiger partial charge in [-0.2, -0.15) is 26.3 Å². The van der Waals surface area contributed by atoms with E-state index in [1.165, 1.54) is 0 Å². The van der Waals surface area contributed by atoms with Gasteiger partial charge in [-0.25, -0.2) is 0 Å². The number of rotatable bonds is 2. The Kier molecular flexibility index (Phi) is 4.72. The summed E-state index contributed by atoms with van der Waals surface area (Å²) >= 11 is 0. The Balaban J connectivity index is 2.41. The van der Waals surface area contributed by atoms with Crippen LogP contribution in [0.15, 0.2) is 18.2 Å². The normalized spacial score (nSPS) is 19.2. The molecule has 1 saturated heterocycles. The fourth-order valence-electron chi connectivity index (χ4n) is 2.52. The third-order valence-electron chi connectivity index (χ3n) is 3.77. The molecule has 1 aliphatic rings. The standard InChI is InChI=1S/C14H15F6NO/c15-13(16,17)10-5-9(6-11(7-10)14(18,19)20)12(21)8-1-3-22-4-2-8/h5-8,12H,1-4,21H2/t12-/m0/s1. The number of nitrogens with two attached hydrogens (primary N) is 1. The zero-order valence-corrected chi connectivity index (χ0v) is 11.5. The zero-order chi connectivity index (χ0) is 16.5. The second-order valence-corrected chi connectivity index (χ2v) is 5.31. The summed E-state index contributed by atoms with van der Waals surface area (Å²) in [5.41, 5.74) is 3.09. The largest absolute Gasteiger partial charge is 0.416 e. The molecule has 2 N–H and O–H groups in total. The Bertz CT molecular complexity index is 487. The molecule has 0 radical (unpaired) electrons. The number of ether oxygens (including phenoxy) is 1. The van der Waals surface area contributed by atoms with Crippen molar-refractivity contribution < 1.29 is 31.1 Å². The molecular formula is C14H15F6NO. The molecule has 0 aliphatic carbocycles. The summed E-state index contributed by atoms with van der Waals surface area (Å²) in [4.78, 5) is 0. The number of hydrogen-bond donors (Lipinski definition) is 1. The van der Waals surface area contributed by atoms with Crippen molar-refractivity contribution in [2.75, 3.05) is 13.2 Å². The fraction of sp³-hybridized carbons (Fsp3) is 0.571. The first-order valence-corrected chi connectivity index (χ1v) is 6.72. The molecule has 1 aliphatic heterocycles. The topological polar surface area (TPSA) is 35.2 Å². The van der Waals surface area contributed by atoms with Crippen molar-refractivity contribution in [3.05, 3.63) is 34.9 Å². The van der Waals surface area contributed by atoms with Crippen LogP contribution in [-0.4, -0.2) is 13.2 Å². The van der Waals surface area contributed by atoms with Gasteiger partial charge < -0.3 is 10.5 Å². The highest BCUT2D eigenvalue weighted by Gasteiger charge is 2.38. The molecule has 22 heavy (non-hydrogen) atoms. The SMILES string of the molecule is N[C@H](c1cc(C(F)(F)F)cc(C(F)(F)F)c1)C1CCOCC1. The molecule has 1 fully saturated rings. The van der Waals surface area contributed by atoms with Crippen LogP contribution in [-0.2, 0) is 17.1 Å². The Morgan fingerprint density at radius 3 is 1.77 bits per heavy atom. The van der Waals surface area contributed by atoms with Gasteiger partial charge in [-0.15, -0.1) is 0 Å². The number of benzene rings is 1. The second kappa shape index (κ2) is 6.08. The summed E-state index contributed by atoms with van der Waals surface area (Å²) in [7, 11) is 0. The molecule has 1 aromatic carbocycles. The first-order valence-electron chi connectivity index (χ1n) is 6.72. The minimum absolute atomic E-state index is 0.111. The van der Waals surface area contributed by atoms with Crippen LogP contribution >= 0.6 is 0 Å². The van der Waals surface area contributed by atoms with E-state index in [4.69, 9.17) is 10.5 Å². The Morgan fingerprint density at radius 1 is 0.909 bits per heavy atom. The van der Waals surface area contributed by atoms with Crippen molar-refractivity contribution in [1.29, 1.82) is 0 Å². The Hall–Kier alpha value is -1.28. The quantitative estimate of drug-likeness (QED) is 0.828. The van der Waals surface area contributed by atoms with Crippen LogP contribution in [0.5, 0.6) is 0 Å². The van der Waals surface area contributed by atoms with Crippen molar-refractivity contribution in [3.8, 4) is 0 Å². The predicted octanol–water partition coefficient (Wildman–Crippen LogP) is 4.15. The molecule has 1 aromatic rings. The van der Waals surface area contributed by atoms with Gasteiger partial charge in [0, 0.05) is 19.3 Å². The van der Waals surface area contributed by atoms with E-state index < -0.39 is 29.5 Å². The van der Waals surface area contributed by atoms with E-state index in [9.17, 15) is 26.3 Å². The van der Waals surface area contributed by atoms with Gasteiger partial charge in [0.25, 0.3) is 0 Å². The van der Waals surface area contributed by atoms with Crippen molar-refractivity contribution in [2.45, 2.75) is 31.2 Å². The highest BCUT2D eigenvalue weighted by Crippen LogP contribution is 2.39. The minimum atomic E-state index is -4.86. The van der Waals surface area contributed by atoms with Gasteiger partial charge in [0.15, 0.2) is 0 Å². The van der Waals surface area contributed by atoms with E-state index in [1.807, 2.05) is 0 Å². The van der Waals surface area contributed by atoms with Crippen LogP contribution in [0.3, 0.4) is 0 Å². The van der Waals surface area contributed by atoms with Crippen LogP contribution in [0.1, 0.15) is 35.6 Å². The summed E-state index contributed by atoms with van der Waals surface area (Å²) in [6.07, 6.45) is -8.69. The molecule has 2 nitrogen and oxygen atoms in total. The van der Waals surface area contributed by atoms with Crippen LogP contribution in [0, 0.1) is 5.92 Å². The Labute approximate surface area is 123 Å². The number of alkyl halides is 6. The predicted molar refractivity (Wildman–Crippen MR) is 66.9 cm³/mol. The van der Waals surface area contributed by atoms with Crippen LogP contribution < -0.4 is 5.73 Å². The molecular weight excluding hydrogens is 312 g/mol. The van der Waals surface area contributed by atoms with Crippen molar-refractivity contribution in [1.82, 2.24) is 0 Å². The van der Waals surface area contributed by atoms with E-state index in [0.29, 0.717) is 38.2 Å². The van der Waals surface area contributed by atoms with E-state index in [1.54, 1.807) is 0 Å². The third-order valence-corrected chi connectivity index (χ3v) is 3.77. The smallest absolute Gasteiger partial charge is 0.381 e. The summed E-state index contributed by atoms with van der Waals surface area (Å²) in [6.45, 7) is 0.812. The summed E-state index contributed by atoms with van der Waals surface area (Å²) < 4.78 is 82.0. The minimum Gasteiger partial charge on any atom is -0.381 e. The van der Waals surface area contributed by atoms with Crippen LogP contribution in [0.2, 0.25) is 0 Å². The van der Waals surface area contributed by atoms with Crippen molar-refractivity contribution >= 4 is 0 Å². The molecule has 124 valence electrons. The third kappa shape index (κ3) is 3.92. The van der Waals surface area contributed by atoms with Gasteiger partial charge in [-0.3, -0.25) is 0 Å². The lowest BCUT2D eigenvalue weighted by Gasteiger charge is -2.28. The van der Waals surface area contributed by atoms with Gasteiger partial charge in [-0.1, -0.05) is 0 Å². The van der Waals surface area contributed by atoms with Crippen molar-refractivity contribution in [3.63, 3.8) is 0 Å². The lowest BCUT2D eigenvalue weighted by Crippen LogP contribution is -2.28. The van der Waals surface area contributed by atoms with Gasteiger partial charge in [0.05, 0.1) is 11.1 Å². The zero-order valence-electron chi connectivity index (χ0n) is 11.5. The molecule has 0 unspecified atom stereocenters. The van der Waals surface area contributed by atoms with Crippen LogP contribution in [0.4, 0.5) is 26.3 Å². The molecule has 2 rings (SSSR count). The maximum atomic E-state index is 12.8. The molecule has 1 atom stereocenters. The molecule has 0 bridgehead atoms. The summed E-state index contributed by atoms with van der Waals surface area (Å²) in [6, 6.07) is 0.637. The molecule has 0 saturated carbocycles. The molecule has 0 aromatic heterocycles. The van der Waals surface area contributed by atoms with Gasteiger partial charge in [0.2, 0.25) is 0 Å². The highest BCUT2D eigenvalue weighted by atomic mass is 19.4. The summed E-state index contributed by atoms with van der Waals surface area (Å²) in [5.74, 6) is -0.196. The van der Waals surface area contributed by atoms with Gasteiger partial charge >= 0.3 is 12.4 Å². The summed E-state index contributed by atoms with van der Waals surface area (Å²) in [5, 5.41) is 0. The monoisotopic (exact) mass is 327 g/mol. The first kappa shape index (κ1) is 17.1. The van der Waals surface area contributed by atoms with Gasteiger partial charge in [-0.05, 0) is 42.5 Å². The second-order valence-electron chi connectivity index (χ2n) is 5.31. The van der Waals surface area contributed by atoms with E-state index in [-0.39, 0.29) is 17.5 Å². The van der Waals surface area contributed by atoms with Crippen LogP contribution in [0.25, 0.3) is 0 Å². The average molecular weight is 327 g/mol. The van der Waals surface area contributed by atoms with Crippen molar-refractivity contribution in [2.24, 2.45) is 11.7 Å². The fourth-order valence-corrected chi connectivity index (χ4v) is 2.52. The molecule has 1 heterocycles. The molecule has 8 heteroatoms. The first-order chi connectivity index (χ1) is 10.1. The maximum absolute atomic E-state index is 12.8. The number of halogens is 6.